The molecule has 0 bridgehead atoms. The molecule has 0 fully saturated rings. The van der Waals surface area contributed by atoms with Gasteiger partial charge in [0.1, 0.15) is 47.5 Å². The number of hydrogen-bond acceptors (Lipinski definition) is 0. The van der Waals surface area contributed by atoms with Crippen LogP contribution in [0.2, 0.25) is 0 Å². The maximum absolute atomic E-state index is 2.25. The Kier molecular flexibility index (Phi) is 12.6. The van der Waals surface area contributed by atoms with Crippen LogP contribution < -0.4 is 43.1 Å². The molecule has 0 unspecified atom stereocenters. The van der Waals surface area contributed by atoms with E-state index in [-0.39, 0.29) is 34.0 Å². The van der Waals surface area contributed by atoms with Crippen LogP contribution in [0.25, 0.3) is 22.7 Å². The lowest BCUT2D eigenvalue weighted by molar-refractivity contribution is -0.595. The number of benzene rings is 4. The molecular formula is C42H50Br2N4. The molecule has 2 heterocycles. The Morgan fingerprint density at radius 1 is 0.354 bits per heavy atom. The Hall–Kier alpha value is -3.74. The molecule has 252 valence electrons. The van der Waals surface area contributed by atoms with Gasteiger partial charge >= 0.3 is 0 Å². The normalized spacial score (nSPS) is 10.6. The fourth-order valence-electron chi connectivity index (χ4n) is 7.56. The van der Waals surface area contributed by atoms with Crippen LogP contribution in [0, 0.1) is 83.1 Å². The zero-order valence-corrected chi connectivity index (χ0v) is 33.8. The monoisotopic (exact) mass is 768 g/mol. The summed E-state index contributed by atoms with van der Waals surface area (Å²) < 4.78 is 8.90. The minimum absolute atomic E-state index is 0. The molecule has 0 radical (unpaired) electrons. The van der Waals surface area contributed by atoms with Crippen molar-refractivity contribution < 1.29 is 43.1 Å². The number of hydrogen-bond donors (Lipinski definition) is 0. The van der Waals surface area contributed by atoms with Crippen LogP contribution in [0.4, 0.5) is 0 Å². The van der Waals surface area contributed by atoms with Gasteiger partial charge in [0.05, 0.1) is 0 Å². The van der Waals surface area contributed by atoms with Gasteiger partial charge in [0, 0.05) is 0 Å². The van der Waals surface area contributed by atoms with Gasteiger partial charge in [-0.25, -0.2) is 18.3 Å². The Balaban J connectivity index is 0.000000250. The van der Waals surface area contributed by atoms with Crippen molar-refractivity contribution in [3.05, 3.63) is 153 Å². The number of aromatic nitrogens is 4. The first kappa shape index (κ1) is 38.7. The van der Waals surface area contributed by atoms with E-state index in [1.54, 1.807) is 0 Å². The second-order valence-corrected chi connectivity index (χ2v) is 13.4. The Morgan fingerprint density at radius 2 is 0.583 bits per heavy atom. The maximum atomic E-state index is 2.25. The summed E-state index contributed by atoms with van der Waals surface area (Å²) in [5.41, 5.74) is 20.8. The highest BCUT2D eigenvalue weighted by Crippen LogP contribution is 2.23. The van der Waals surface area contributed by atoms with Crippen molar-refractivity contribution in [1.82, 2.24) is 9.13 Å². The molecule has 0 saturated carbocycles. The van der Waals surface area contributed by atoms with Gasteiger partial charge < -0.3 is 34.0 Å². The Morgan fingerprint density at radius 3 is 0.833 bits per heavy atom. The minimum atomic E-state index is 0. The summed E-state index contributed by atoms with van der Waals surface area (Å²) in [5, 5.41) is 0. The lowest BCUT2D eigenvalue weighted by Crippen LogP contribution is -3.00. The van der Waals surface area contributed by atoms with Gasteiger partial charge in [0.25, 0.3) is 12.7 Å². The predicted octanol–water partition coefficient (Wildman–Crippen LogP) is 3.22. The summed E-state index contributed by atoms with van der Waals surface area (Å²) in [6.45, 7) is 26.1. The molecule has 6 heteroatoms. The third kappa shape index (κ3) is 8.10. The van der Waals surface area contributed by atoms with E-state index in [1.165, 1.54) is 89.5 Å². The molecule has 0 spiro atoms. The zero-order chi connectivity index (χ0) is 33.4. The summed E-state index contributed by atoms with van der Waals surface area (Å²) in [7, 11) is 0. The molecule has 4 aromatic carbocycles. The first-order valence-electron chi connectivity index (χ1n) is 16.2. The lowest BCUT2D eigenvalue weighted by atomic mass is 10.0. The molecule has 2 aromatic heterocycles. The van der Waals surface area contributed by atoms with E-state index in [0.29, 0.717) is 0 Å². The van der Waals surface area contributed by atoms with Crippen molar-refractivity contribution in [2.75, 3.05) is 0 Å². The molecule has 6 rings (SSSR count). The van der Waals surface area contributed by atoms with Crippen molar-refractivity contribution in [2.24, 2.45) is 0 Å². The standard InChI is InChI=1S/2C21H25N2.2BrH/c2*1-14-9-16(3)20(17(4)10-14)22-7-8-23(13-22)21-18(5)11-15(2)12-19(21)6;;/h2*7-13H,1-6H3;2*1H/q2*+1;;/p-2. The highest BCUT2D eigenvalue weighted by atomic mass is 79.9. The van der Waals surface area contributed by atoms with E-state index in [2.05, 4.69) is 187 Å². The first-order chi connectivity index (χ1) is 21.7. The average molecular weight is 771 g/mol. The smallest absolute Gasteiger partial charge is 0.254 e. The quantitative estimate of drug-likeness (QED) is 0.246. The van der Waals surface area contributed by atoms with Crippen LogP contribution >= 0.6 is 0 Å². The van der Waals surface area contributed by atoms with Crippen LogP contribution in [0.1, 0.15) is 66.8 Å². The van der Waals surface area contributed by atoms with Crippen LogP contribution in [-0.2, 0) is 0 Å². The van der Waals surface area contributed by atoms with E-state index in [9.17, 15) is 0 Å². The summed E-state index contributed by atoms with van der Waals surface area (Å²) in [6, 6.07) is 18.0. The van der Waals surface area contributed by atoms with Crippen molar-refractivity contribution in [3.8, 4) is 22.7 Å². The summed E-state index contributed by atoms with van der Waals surface area (Å²) in [4.78, 5) is 0. The van der Waals surface area contributed by atoms with E-state index < -0.39 is 0 Å². The van der Waals surface area contributed by atoms with Crippen LogP contribution in [0.3, 0.4) is 0 Å². The Labute approximate surface area is 309 Å². The molecule has 0 atom stereocenters. The molecule has 0 aliphatic rings. The molecule has 48 heavy (non-hydrogen) atoms. The van der Waals surface area contributed by atoms with Crippen molar-refractivity contribution in [2.45, 2.75) is 83.1 Å². The predicted molar refractivity (Wildman–Crippen MR) is 191 cm³/mol. The molecule has 6 aromatic rings. The largest absolute Gasteiger partial charge is 1.00 e. The van der Waals surface area contributed by atoms with Crippen molar-refractivity contribution >= 4 is 0 Å². The maximum Gasteiger partial charge on any atom is 0.254 e. The highest BCUT2D eigenvalue weighted by molar-refractivity contribution is 5.50. The molecular weight excluding hydrogens is 720 g/mol. The fraction of sp³-hybridized carbons (Fsp3) is 0.286. The Bertz CT molecular complexity index is 1690. The van der Waals surface area contributed by atoms with Gasteiger partial charge in [-0.2, -0.15) is 0 Å². The number of aryl methyl sites for hydroxylation is 12. The van der Waals surface area contributed by atoms with Gasteiger partial charge in [-0.15, -0.1) is 0 Å². The third-order valence-corrected chi connectivity index (χ3v) is 8.85. The fourth-order valence-corrected chi connectivity index (χ4v) is 7.56. The van der Waals surface area contributed by atoms with Crippen LogP contribution in [-0.4, -0.2) is 9.13 Å². The number of halogens is 2. The van der Waals surface area contributed by atoms with Crippen molar-refractivity contribution in [1.29, 1.82) is 0 Å². The van der Waals surface area contributed by atoms with E-state index >= 15 is 0 Å². The van der Waals surface area contributed by atoms with Gasteiger partial charge in [-0.05, 0) is 128 Å². The SMILES string of the molecule is Cc1cc(C)c(-n2cc[n+](-c3c(C)cc(C)cc3C)c2)c(C)c1.Cc1cc(C)c(-n2cc[n+](-c3c(C)cc(C)cc3C)c2)c(C)c1.[Br-].[Br-]. The average Bonchev–Trinajstić information content (AvgIpc) is 3.57. The number of nitrogens with zero attached hydrogens (tertiary/aromatic N) is 4. The van der Waals surface area contributed by atoms with E-state index in [4.69, 9.17) is 0 Å². The second kappa shape index (κ2) is 15.7. The second-order valence-electron chi connectivity index (χ2n) is 13.4. The zero-order valence-electron chi connectivity index (χ0n) is 30.6. The number of rotatable bonds is 4. The lowest BCUT2D eigenvalue weighted by Gasteiger charge is -2.08. The van der Waals surface area contributed by atoms with Crippen molar-refractivity contribution in [3.63, 3.8) is 0 Å². The summed E-state index contributed by atoms with van der Waals surface area (Å²) in [6.07, 6.45) is 12.9. The van der Waals surface area contributed by atoms with Gasteiger partial charge in [0.2, 0.25) is 0 Å². The van der Waals surface area contributed by atoms with E-state index in [0.717, 1.165) is 0 Å². The molecule has 0 N–H and O–H groups in total. The van der Waals surface area contributed by atoms with Gasteiger partial charge in [0.15, 0.2) is 0 Å². The summed E-state index contributed by atoms with van der Waals surface area (Å²) >= 11 is 0. The van der Waals surface area contributed by atoms with E-state index in [1.807, 2.05) is 0 Å². The molecule has 0 aliphatic carbocycles. The molecule has 0 amide bonds. The topological polar surface area (TPSA) is 17.6 Å². The molecule has 0 aliphatic heterocycles. The van der Waals surface area contributed by atoms with Gasteiger partial charge in [-0.3, -0.25) is 0 Å². The van der Waals surface area contributed by atoms with Crippen LogP contribution in [0.15, 0.2) is 86.0 Å². The first-order valence-corrected chi connectivity index (χ1v) is 16.2. The highest BCUT2D eigenvalue weighted by Gasteiger charge is 2.18. The third-order valence-electron chi connectivity index (χ3n) is 8.85. The number of imidazole rings is 2. The molecule has 0 saturated heterocycles. The van der Waals surface area contributed by atoms with Gasteiger partial charge in [-0.1, -0.05) is 70.8 Å². The molecule has 4 nitrogen and oxygen atoms in total. The van der Waals surface area contributed by atoms with Crippen LogP contribution in [0.5, 0.6) is 0 Å². The summed E-state index contributed by atoms with van der Waals surface area (Å²) in [5.74, 6) is 0. The minimum Gasteiger partial charge on any atom is -1.00 e.